The first-order chi connectivity index (χ1) is 7.53. The van der Waals surface area contributed by atoms with Crippen molar-refractivity contribution >= 4 is 11.0 Å². The molecule has 0 saturated heterocycles. The fraction of sp³-hybridized carbons (Fsp3) is 0.417. The molecule has 1 aromatic heterocycles. The zero-order chi connectivity index (χ0) is 11.8. The standard InChI is InChI=1S/C12H17N3O/c1-3-6-12(2,13)11-14-9-5-4-8(16)7-10(9)15-11/h4-5,7,16H,3,6,13H2,1-2H3,(H,14,15). The Morgan fingerprint density at radius 2 is 2.25 bits per heavy atom. The molecule has 0 saturated carbocycles. The molecule has 1 unspecified atom stereocenters. The lowest BCUT2D eigenvalue weighted by Crippen LogP contribution is -2.34. The normalized spacial score (nSPS) is 15.2. The predicted octanol–water partition coefficient (Wildman–Crippen LogP) is 2.24. The molecule has 2 rings (SSSR count). The molecule has 4 N–H and O–H groups in total. The SMILES string of the molecule is CCCC(C)(N)c1nc2ccc(O)cc2[nH]1. The quantitative estimate of drug-likeness (QED) is 0.741. The van der Waals surface area contributed by atoms with Crippen LogP contribution < -0.4 is 5.73 Å². The fourth-order valence-corrected chi connectivity index (χ4v) is 1.91. The molecule has 0 spiro atoms. The Morgan fingerprint density at radius 1 is 1.50 bits per heavy atom. The Morgan fingerprint density at radius 3 is 2.94 bits per heavy atom. The fourth-order valence-electron chi connectivity index (χ4n) is 1.91. The van der Waals surface area contributed by atoms with E-state index >= 15 is 0 Å². The number of nitrogens with one attached hydrogen (secondary N) is 1. The number of benzene rings is 1. The summed E-state index contributed by atoms with van der Waals surface area (Å²) in [7, 11) is 0. The van der Waals surface area contributed by atoms with Gasteiger partial charge in [0.15, 0.2) is 0 Å². The number of hydrogen-bond acceptors (Lipinski definition) is 3. The monoisotopic (exact) mass is 219 g/mol. The van der Waals surface area contributed by atoms with Gasteiger partial charge < -0.3 is 15.8 Å². The summed E-state index contributed by atoms with van der Waals surface area (Å²) in [6, 6.07) is 5.07. The average Bonchev–Trinajstić information content (AvgIpc) is 2.61. The second kappa shape index (κ2) is 3.79. The molecule has 0 radical (unpaired) electrons. The smallest absolute Gasteiger partial charge is 0.127 e. The van der Waals surface area contributed by atoms with Crippen LogP contribution in [0.15, 0.2) is 18.2 Å². The van der Waals surface area contributed by atoms with Crippen LogP contribution in [0.2, 0.25) is 0 Å². The Balaban J connectivity index is 2.46. The second-order valence-electron chi connectivity index (χ2n) is 4.45. The topological polar surface area (TPSA) is 74.9 Å². The Hall–Kier alpha value is -1.55. The number of fused-ring (bicyclic) bond motifs is 1. The number of hydrogen-bond donors (Lipinski definition) is 3. The van der Waals surface area contributed by atoms with Gasteiger partial charge in [0.2, 0.25) is 0 Å². The van der Waals surface area contributed by atoms with Gasteiger partial charge >= 0.3 is 0 Å². The number of aromatic amines is 1. The van der Waals surface area contributed by atoms with E-state index in [0.717, 1.165) is 29.7 Å². The highest BCUT2D eigenvalue weighted by molar-refractivity contribution is 5.76. The van der Waals surface area contributed by atoms with Gasteiger partial charge in [0.05, 0.1) is 16.6 Å². The summed E-state index contributed by atoms with van der Waals surface area (Å²) in [4.78, 5) is 7.62. The number of imidazole rings is 1. The number of H-pyrrole nitrogens is 1. The number of rotatable bonds is 3. The minimum absolute atomic E-state index is 0.233. The van der Waals surface area contributed by atoms with Crippen LogP contribution in [0.25, 0.3) is 11.0 Å². The van der Waals surface area contributed by atoms with Crippen LogP contribution in [0.3, 0.4) is 0 Å². The summed E-state index contributed by atoms with van der Waals surface area (Å²) in [5.74, 6) is 1.01. The number of aromatic nitrogens is 2. The number of phenolic OH excluding ortho intramolecular Hbond substituents is 1. The van der Waals surface area contributed by atoms with E-state index < -0.39 is 5.54 Å². The van der Waals surface area contributed by atoms with Crippen LogP contribution in [0.5, 0.6) is 5.75 Å². The van der Waals surface area contributed by atoms with Gasteiger partial charge in [-0.1, -0.05) is 13.3 Å². The second-order valence-corrected chi connectivity index (χ2v) is 4.45. The van der Waals surface area contributed by atoms with E-state index in [1.54, 1.807) is 18.2 Å². The van der Waals surface area contributed by atoms with Gasteiger partial charge in [-0.3, -0.25) is 0 Å². The van der Waals surface area contributed by atoms with Crippen molar-refractivity contribution in [3.05, 3.63) is 24.0 Å². The van der Waals surface area contributed by atoms with Crippen molar-refractivity contribution in [3.8, 4) is 5.75 Å². The minimum atomic E-state index is -0.441. The van der Waals surface area contributed by atoms with E-state index in [2.05, 4.69) is 16.9 Å². The predicted molar refractivity (Wildman–Crippen MR) is 64.2 cm³/mol. The lowest BCUT2D eigenvalue weighted by atomic mass is 9.97. The summed E-state index contributed by atoms with van der Waals surface area (Å²) < 4.78 is 0. The third-order valence-electron chi connectivity index (χ3n) is 2.78. The van der Waals surface area contributed by atoms with Crippen LogP contribution >= 0.6 is 0 Å². The highest BCUT2D eigenvalue weighted by Gasteiger charge is 2.23. The van der Waals surface area contributed by atoms with Crippen LogP contribution in [0.4, 0.5) is 0 Å². The number of aromatic hydroxyl groups is 1. The number of nitrogens with two attached hydrogens (primary N) is 1. The molecule has 16 heavy (non-hydrogen) atoms. The molecule has 1 aromatic carbocycles. The molecule has 86 valence electrons. The molecule has 4 nitrogen and oxygen atoms in total. The lowest BCUT2D eigenvalue weighted by molar-refractivity contribution is 0.424. The van der Waals surface area contributed by atoms with Gasteiger partial charge in [0.25, 0.3) is 0 Å². The molecule has 0 bridgehead atoms. The molecule has 0 aliphatic rings. The summed E-state index contributed by atoms with van der Waals surface area (Å²) in [6.07, 6.45) is 1.88. The van der Waals surface area contributed by atoms with Crippen molar-refractivity contribution in [1.29, 1.82) is 0 Å². The Labute approximate surface area is 94.5 Å². The van der Waals surface area contributed by atoms with E-state index in [1.807, 2.05) is 6.92 Å². The molecule has 2 aromatic rings. The molecular weight excluding hydrogens is 202 g/mol. The molecule has 1 atom stereocenters. The Bertz CT molecular complexity index is 502. The molecule has 0 fully saturated rings. The summed E-state index contributed by atoms with van der Waals surface area (Å²) in [6.45, 7) is 4.06. The zero-order valence-electron chi connectivity index (χ0n) is 9.62. The van der Waals surface area contributed by atoms with Crippen molar-refractivity contribution in [2.75, 3.05) is 0 Å². The number of nitrogens with zero attached hydrogens (tertiary/aromatic N) is 1. The minimum Gasteiger partial charge on any atom is -0.508 e. The highest BCUT2D eigenvalue weighted by atomic mass is 16.3. The van der Waals surface area contributed by atoms with Crippen molar-refractivity contribution in [2.24, 2.45) is 5.73 Å². The summed E-state index contributed by atoms with van der Waals surface area (Å²) in [5.41, 5.74) is 7.41. The van der Waals surface area contributed by atoms with Gasteiger partial charge in [0.1, 0.15) is 11.6 Å². The van der Waals surface area contributed by atoms with Crippen LogP contribution in [0.1, 0.15) is 32.5 Å². The lowest BCUT2D eigenvalue weighted by Gasteiger charge is -2.20. The molecule has 4 heteroatoms. The van der Waals surface area contributed by atoms with Crippen LogP contribution in [-0.4, -0.2) is 15.1 Å². The molecule has 1 heterocycles. The maximum Gasteiger partial charge on any atom is 0.127 e. The first kappa shape index (κ1) is 11.0. The van der Waals surface area contributed by atoms with Crippen molar-refractivity contribution in [1.82, 2.24) is 9.97 Å². The largest absolute Gasteiger partial charge is 0.508 e. The van der Waals surface area contributed by atoms with Gasteiger partial charge in [0, 0.05) is 6.07 Å². The first-order valence-corrected chi connectivity index (χ1v) is 5.51. The van der Waals surface area contributed by atoms with E-state index in [9.17, 15) is 5.11 Å². The van der Waals surface area contributed by atoms with E-state index in [1.165, 1.54) is 0 Å². The zero-order valence-corrected chi connectivity index (χ0v) is 9.62. The average molecular weight is 219 g/mol. The van der Waals surface area contributed by atoms with Crippen molar-refractivity contribution < 1.29 is 5.11 Å². The van der Waals surface area contributed by atoms with Crippen LogP contribution in [-0.2, 0) is 5.54 Å². The van der Waals surface area contributed by atoms with E-state index in [-0.39, 0.29) is 5.75 Å². The van der Waals surface area contributed by atoms with Crippen LogP contribution in [0, 0.1) is 0 Å². The maximum atomic E-state index is 9.37. The molecular formula is C12H17N3O. The molecule has 0 aliphatic heterocycles. The van der Waals surface area contributed by atoms with Crippen molar-refractivity contribution in [2.45, 2.75) is 32.2 Å². The van der Waals surface area contributed by atoms with E-state index in [0.29, 0.717) is 0 Å². The van der Waals surface area contributed by atoms with Gasteiger partial charge in [-0.15, -0.1) is 0 Å². The summed E-state index contributed by atoms with van der Waals surface area (Å²) in [5, 5.41) is 9.37. The Kier molecular flexibility index (Phi) is 2.59. The number of phenols is 1. The van der Waals surface area contributed by atoms with Gasteiger partial charge in [-0.2, -0.15) is 0 Å². The third kappa shape index (κ3) is 1.88. The molecule has 0 amide bonds. The molecule has 0 aliphatic carbocycles. The van der Waals surface area contributed by atoms with Gasteiger partial charge in [-0.25, -0.2) is 4.98 Å². The van der Waals surface area contributed by atoms with E-state index in [4.69, 9.17) is 5.73 Å². The van der Waals surface area contributed by atoms with Gasteiger partial charge in [-0.05, 0) is 25.5 Å². The van der Waals surface area contributed by atoms with Crippen molar-refractivity contribution in [3.63, 3.8) is 0 Å². The maximum absolute atomic E-state index is 9.37. The first-order valence-electron chi connectivity index (χ1n) is 5.51. The third-order valence-corrected chi connectivity index (χ3v) is 2.78. The summed E-state index contributed by atoms with van der Waals surface area (Å²) >= 11 is 0. The highest BCUT2D eigenvalue weighted by Crippen LogP contribution is 2.24.